The number of carbonyl (C=O) groups is 1. The van der Waals surface area contributed by atoms with E-state index in [1.807, 2.05) is 0 Å². The van der Waals surface area contributed by atoms with Gasteiger partial charge in [-0.25, -0.2) is 4.79 Å². The second-order valence-corrected chi connectivity index (χ2v) is 3.71. The SMILES string of the molecule is CN(C)C(=O)NCCC1CCCN1. The number of carbonyl (C=O) groups excluding carboxylic acids is 1. The predicted molar refractivity (Wildman–Crippen MR) is 52.7 cm³/mol. The Kier molecular flexibility index (Phi) is 4.02. The van der Waals surface area contributed by atoms with E-state index in [-0.39, 0.29) is 6.03 Å². The van der Waals surface area contributed by atoms with Crippen LogP contribution >= 0.6 is 0 Å². The smallest absolute Gasteiger partial charge is 0.316 e. The molecule has 0 saturated carbocycles. The summed E-state index contributed by atoms with van der Waals surface area (Å²) in [6, 6.07) is 0.612. The first kappa shape index (κ1) is 10.3. The maximum Gasteiger partial charge on any atom is 0.316 e. The Hall–Kier alpha value is -0.770. The maximum atomic E-state index is 11.1. The minimum atomic E-state index is -0.00185. The minimum Gasteiger partial charge on any atom is -0.338 e. The van der Waals surface area contributed by atoms with Crippen LogP contribution in [-0.2, 0) is 0 Å². The molecule has 1 atom stereocenters. The zero-order valence-electron chi connectivity index (χ0n) is 8.47. The summed E-state index contributed by atoms with van der Waals surface area (Å²) in [7, 11) is 3.51. The zero-order chi connectivity index (χ0) is 9.68. The van der Waals surface area contributed by atoms with Gasteiger partial charge in [-0.05, 0) is 25.8 Å². The van der Waals surface area contributed by atoms with Crippen molar-refractivity contribution < 1.29 is 4.79 Å². The Labute approximate surface area is 79.7 Å². The van der Waals surface area contributed by atoms with Crippen molar-refractivity contribution in [2.45, 2.75) is 25.3 Å². The van der Waals surface area contributed by atoms with Gasteiger partial charge in [-0.15, -0.1) is 0 Å². The number of rotatable bonds is 3. The third kappa shape index (κ3) is 3.63. The van der Waals surface area contributed by atoms with Gasteiger partial charge in [-0.2, -0.15) is 0 Å². The summed E-state index contributed by atoms with van der Waals surface area (Å²) in [5.41, 5.74) is 0. The quantitative estimate of drug-likeness (QED) is 0.668. The lowest BCUT2D eigenvalue weighted by Crippen LogP contribution is -2.37. The first-order valence-corrected chi connectivity index (χ1v) is 4.88. The predicted octanol–water partition coefficient (Wildman–Crippen LogP) is 0.400. The number of nitrogens with one attached hydrogen (secondary N) is 2. The van der Waals surface area contributed by atoms with Crippen LogP contribution in [0.3, 0.4) is 0 Å². The van der Waals surface area contributed by atoms with Crippen LogP contribution in [0.2, 0.25) is 0 Å². The lowest BCUT2D eigenvalue weighted by atomic mass is 10.1. The molecule has 1 rings (SSSR count). The second-order valence-electron chi connectivity index (χ2n) is 3.71. The molecule has 2 N–H and O–H groups in total. The summed E-state index contributed by atoms with van der Waals surface area (Å²) in [6.07, 6.45) is 3.56. The van der Waals surface area contributed by atoms with Gasteiger partial charge in [0.2, 0.25) is 0 Å². The van der Waals surface area contributed by atoms with Crippen LogP contribution in [0.15, 0.2) is 0 Å². The first-order valence-electron chi connectivity index (χ1n) is 4.88. The summed E-state index contributed by atoms with van der Waals surface area (Å²) >= 11 is 0. The fourth-order valence-corrected chi connectivity index (χ4v) is 1.51. The summed E-state index contributed by atoms with van der Waals surface area (Å²) in [5.74, 6) is 0. The van der Waals surface area contributed by atoms with Crippen molar-refractivity contribution in [3.63, 3.8) is 0 Å². The van der Waals surface area contributed by atoms with Crippen molar-refractivity contribution in [2.75, 3.05) is 27.2 Å². The van der Waals surface area contributed by atoms with Crippen molar-refractivity contribution in [1.82, 2.24) is 15.5 Å². The van der Waals surface area contributed by atoms with Crippen molar-refractivity contribution in [1.29, 1.82) is 0 Å². The van der Waals surface area contributed by atoms with Gasteiger partial charge in [0, 0.05) is 26.7 Å². The average molecular weight is 185 g/mol. The molecule has 1 aliphatic rings. The largest absolute Gasteiger partial charge is 0.338 e. The zero-order valence-corrected chi connectivity index (χ0v) is 8.47. The van der Waals surface area contributed by atoms with Gasteiger partial charge < -0.3 is 15.5 Å². The summed E-state index contributed by atoms with van der Waals surface area (Å²) in [4.78, 5) is 12.7. The van der Waals surface area contributed by atoms with Gasteiger partial charge >= 0.3 is 6.03 Å². The Morgan fingerprint density at radius 1 is 1.62 bits per heavy atom. The lowest BCUT2D eigenvalue weighted by molar-refractivity contribution is 0.217. The van der Waals surface area contributed by atoms with E-state index in [2.05, 4.69) is 10.6 Å². The minimum absolute atomic E-state index is 0.00185. The molecule has 0 aromatic heterocycles. The van der Waals surface area contributed by atoms with Gasteiger partial charge in [0.25, 0.3) is 0 Å². The van der Waals surface area contributed by atoms with Crippen molar-refractivity contribution in [3.8, 4) is 0 Å². The Bertz CT molecular complexity index is 164. The van der Waals surface area contributed by atoms with E-state index >= 15 is 0 Å². The Balaban J connectivity index is 2.03. The normalized spacial score (nSPS) is 21.5. The monoisotopic (exact) mass is 185 g/mol. The van der Waals surface area contributed by atoms with E-state index in [4.69, 9.17) is 0 Å². The molecule has 76 valence electrons. The van der Waals surface area contributed by atoms with Gasteiger partial charge in [0.05, 0.1) is 0 Å². The van der Waals surface area contributed by atoms with Crippen LogP contribution in [0.25, 0.3) is 0 Å². The summed E-state index contributed by atoms with van der Waals surface area (Å²) in [6.45, 7) is 1.90. The molecule has 0 spiro atoms. The van der Waals surface area contributed by atoms with Crippen LogP contribution in [-0.4, -0.2) is 44.2 Å². The van der Waals surface area contributed by atoms with Crippen LogP contribution in [0.1, 0.15) is 19.3 Å². The molecule has 0 aromatic carbocycles. The number of amides is 2. The highest BCUT2D eigenvalue weighted by Gasteiger charge is 2.13. The molecule has 1 fully saturated rings. The van der Waals surface area contributed by atoms with Crippen molar-refractivity contribution >= 4 is 6.03 Å². The molecule has 1 aliphatic heterocycles. The molecular formula is C9H19N3O. The van der Waals surface area contributed by atoms with Crippen LogP contribution in [0.4, 0.5) is 4.79 Å². The molecule has 0 bridgehead atoms. The standard InChI is InChI=1S/C9H19N3O/c1-12(2)9(13)11-7-5-8-4-3-6-10-8/h8,10H,3-7H2,1-2H3,(H,11,13). The fourth-order valence-electron chi connectivity index (χ4n) is 1.51. The fraction of sp³-hybridized carbons (Fsp3) is 0.889. The molecule has 0 radical (unpaired) electrons. The first-order chi connectivity index (χ1) is 6.20. The van der Waals surface area contributed by atoms with E-state index in [0.717, 1.165) is 19.5 Å². The lowest BCUT2D eigenvalue weighted by Gasteiger charge is -2.14. The molecule has 4 nitrogen and oxygen atoms in total. The molecule has 2 amide bonds. The van der Waals surface area contributed by atoms with Crippen LogP contribution in [0.5, 0.6) is 0 Å². The van der Waals surface area contributed by atoms with E-state index in [1.165, 1.54) is 12.8 Å². The molecule has 4 heteroatoms. The number of urea groups is 1. The van der Waals surface area contributed by atoms with Crippen molar-refractivity contribution in [2.24, 2.45) is 0 Å². The topological polar surface area (TPSA) is 44.4 Å². The van der Waals surface area contributed by atoms with E-state index < -0.39 is 0 Å². The molecule has 1 heterocycles. The molecule has 0 aliphatic carbocycles. The highest BCUT2D eigenvalue weighted by Crippen LogP contribution is 2.07. The second kappa shape index (κ2) is 5.07. The molecular weight excluding hydrogens is 166 g/mol. The van der Waals surface area contributed by atoms with E-state index in [0.29, 0.717) is 6.04 Å². The Morgan fingerprint density at radius 3 is 2.92 bits per heavy atom. The summed E-state index contributed by atoms with van der Waals surface area (Å²) < 4.78 is 0. The molecule has 0 aromatic rings. The highest BCUT2D eigenvalue weighted by atomic mass is 16.2. The maximum absolute atomic E-state index is 11.1. The third-order valence-corrected chi connectivity index (χ3v) is 2.34. The van der Waals surface area contributed by atoms with Gasteiger partial charge in [-0.1, -0.05) is 0 Å². The average Bonchev–Trinajstić information content (AvgIpc) is 2.56. The summed E-state index contributed by atoms with van der Waals surface area (Å²) in [5, 5.41) is 6.25. The van der Waals surface area contributed by atoms with Gasteiger partial charge in [0.15, 0.2) is 0 Å². The van der Waals surface area contributed by atoms with Crippen LogP contribution < -0.4 is 10.6 Å². The number of hydrogen-bond acceptors (Lipinski definition) is 2. The van der Waals surface area contributed by atoms with Gasteiger partial charge in [0.1, 0.15) is 0 Å². The van der Waals surface area contributed by atoms with Gasteiger partial charge in [-0.3, -0.25) is 0 Å². The van der Waals surface area contributed by atoms with E-state index in [9.17, 15) is 4.79 Å². The number of nitrogens with zero attached hydrogens (tertiary/aromatic N) is 1. The highest BCUT2D eigenvalue weighted by molar-refractivity contribution is 5.73. The number of hydrogen-bond donors (Lipinski definition) is 2. The third-order valence-electron chi connectivity index (χ3n) is 2.34. The molecule has 1 saturated heterocycles. The molecule has 13 heavy (non-hydrogen) atoms. The van der Waals surface area contributed by atoms with Crippen molar-refractivity contribution in [3.05, 3.63) is 0 Å². The van der Waals surface area contributed by atoms with E-state index in [1.54, 1.807) is 19.0 Å². The van der Waals surface area contributed by atoms with Crippen LogP contribution in [0, 0.1) is 0 Å². The molecule has 1 unspecified atom stereocenters. The Morgan fingerprint density at radius 2 is 2.38 bits per heavy atom.